The maximum Gasteiger partial charge on any atom is 0.335 e. The van der Waals surface area contributed by atoms with Crippen LogP contribution in [0.5, 0.6) is 5.75 Å². The third-order valence-corrected chi connectivity index (χ3v) is 10.3. The molecule has 0 aromatic heterocycles. The Bertz CT molecular complexity index is 1270. The number of hydrogen-bond acceptors (Lipinski definition) is 3. The van der Waals surface area contributed by atoms with Crippen molar-refractivity contribution >= 4 is 16.7 Å². The van der Waals surface area contributed by atoms with Gasteiger partial charge in [-0.3, -0.25) is 0 Å². The molecule has 0 aliphatic heterocycles. The first-order valence-corrected chi connectivity index (χ1v) is 15.1. The van der Waals surface area contributed by atoms with Gasteiger partial charge in [0.2, 0.25) is 0 Å². The van der Waals surface area contributed by atoms with Crippen LogP contribution in [0.15, 0.2) is 60.7 Å². The topological polar surface area (TPSA) is 66.8 Å². The number of hydrogen-bond donors (Lipinski definition) is 2. The fourth-order valence-corrected chi connectivity index (χ4v) is 8.66. The number of benzene rings is 3. The van der Waals surface area contributed by atoms with Crippen molar-refractivity contribution in [2.24, 2.45) is 29.1 Å². The van der Waals surface area contributed by atoms with Gasteiger partial charge in [-0.15, -0.1) is 0 Å². The van der Waals surface area contributed by atoms with Gasteiger partial charge in [-0.05, 0) is 121 Å². The molecule has 0 heterocycles. The molecule has 7 rings (SSSR count). The van der Waals surface area contributed by atoms with Crippen LogP contribution in [0.25, 0.3) is 21.9 Å². The number of carboxylic acids is 1. The van der Waals surface area contributed by atoms with E-state index in [2.05, 4.69) is 25.1 Å². The van der Waals surface area contributed by atoms with Crippen LogP contribution in [-0.2, 0) is 0 Å². The van der Waals surface area contributed by atoms with Crippen molar-refractivity contribution in [2.45, 2.75) is 77.2 Å². The number of aromatic carboxylic acids is 1. The molecule has 2 N–H and O–H groups in total. The summed E-state index contributed by atoms with van der Waals surface area (Å²) in [4.78, 5) is 11.3. The highest BCUT2D eigenvalue weighted by Gasteiger charge is 2.54. The van der Waals surface area contributed by atoms with Crippen LogP contribution in [0.3, 0.4) is 0 Å². The molecular weight excluding hydrogens is 484 g/mol. The summed E-state index contributed by atoms with van der Waals surface area (Å²) in [5.41, 5.74) is 2.64. The van der Waals surface area contributed by atoms with Crippen molar-refractivity contribution in [2.75, 3.05) is 6.61 Å². The molecule has 206 valence electrons. The molecule has 3 aromatic carbocycles. The van der Waals surface area contributed by atoms with Crippen molar-refractivity contribution in [3.8, 4) is 16.9 Å². The molecule has 0 amide bonds. The zero-order chi connectivity index (χ0) is 27.0. The molecule has 4 aliphatic rings. The second kappa shape index (κ2) is 11.0. The lowest BCUT2D eigenvalue weighted by molar-refractivity contribution is -0.112. The van der Waals surface area contributed by atoms with Crippen LogP contribution >= 0.6 is 0 Å². The molecule has 0 spiro atoms. The van der Waals surface area contributed by atoms with Crippen LogP contribution < -0.4 is 4.74 Å². The van der Waals surface area contributed by atoms with Gasteiger partial charge < -0.3 is 14.9 Å². The van der Waals surface area contributed by atoms with E-state index in [1.807, 2.05) is 30.3 Å². The highest BCUT2D eigenvalue weighted by atomic mass is 16.5. The fourth-order valence-electron chi connectivity index (χ4n) is 8.66. The molecule has 0 radical (unpaired) electrons. The second-order valence-corrected chi connectivity index (χ2v) is 12.9. The first-order chi connectivity index (χ1) is 18.9. The van der Waals surface area contributed by atoms with E-state index in [4.69, 9.17) is 4.74 Å². The third-order valence-electron chi connectivity index (χ3n) is 10.3. The van der Waals surface area contributed by atoms with Crippen molar-refractivity contribution in [3.05, 3.63) is 66.2 Å². The Morgan fingerprint density at radius 1 is 0.897 bits per heavy atom. The van der Waals surface area contributed by atoms with Gasteiger partial charge in [0.05, 0.1) is 18.3 Å². The first kappa shape index (κ1) is 26.4. The van der Waals surface area contributed by atoms with Crippen LogP contribution in [0.1, 0.15) is 81.5 Å². The highest BCUT2D eigenvalue weighted by Crippen LogP contribution is 2.63. The molecule has 4 aliphatic carbocycles. The summed E-state index contributed by atoms with van der Waals surface area (Å²) in [6.45, 7) is 2.96. The Hall–Kier alpha value is -2.85. The zero-order valence-electron chi connectivity index (χ0n) is 23.1. The number of aliphatic hydroxyl groups excluding tert-OH is 1. The lowest BCUT2D eigenvalue weighted by atomic mass is 9.46. The predicted molar refractivity (Wildman–Crippen MR) is 156 cm³/mol. The largest absolute Gasteiger partial charge is 0.493 e. The molecule has 39 heavy (non-hydrogen) atoms. The SMILES string of the molecule is CC(C(O)CCCCCOc1ccc2ccccc2c1-c1ccc(C(=O)O)cc1)C12CC3CC(CC(C3)C1)C2. The molecule has 4 heteroatoms. The van der Waals surface area contributed by atoms with E-state index in [1.165, 1.54) is 38.5 Å². The lowest BCUT2D eigenvalue weighted by Gasteiger charge is -2.59. The number of aliphatic hydroxyl groups is 1. The van der Waals surface area contributed by atoms with Crippen LogP contribution in [-0.4, -0.2) is 28.9 Å². The van der Waals surface area contributed by atoms with E-state index in [9.17, 15) is 15.0 Å². The summed E-state index contributed by atoms with van der Waals surface area (Å²) in [6.07, 6.45) is 12.2. The van der Waals surface area contributed by atoms with Crippen LogP contribution in [0.2, 0.25) is 0 Å². The van der Waals surface area contributed by atoms with E-state index >= 15 is 0 Å². The van der Waals surface area contributed by atoms with Gasteiger partial charge in [0.25, 0.3) is 0 Å². The monoisotopic (exact) mass is 526 g/mol. The zero-order valence-corrected chi connectivity index (χ0v) is 23.1. The highest BCUT2D eigenvalue weighted by molar-refractivity contribution is 6.00. The molecule has 3 aromatic rings. The van der Waals surface area contributed by atoms with Crippen molar-refractivity contribution < 1.29 is 19.7 Å². The van der Waals surface area contributed by atoms with Gasteiger partial charge in [0.1, 0.15) is 5.75 Å². The van der Waals surface area contributed by atoms with Gasteiger partial charge in [0, 0.05) is 5.56 Å². The number of carboxylic acid groups (broad SMARTS) is 1. The summed E-state index contributed by atoms with van der Waals surface area (Å²) in [5.74, 6) is 3.10. The lowest BCUT2D eigenvalue weighted by Crippen LogP contribution is -2.51. The van der Waals surface area contributed by atoms with Crippen molar-refractivity contribution in [1.82, 2.24) is 0 Å². The summed E-state index contributed by atoms with van der Waals surface area (Å²) in [5, 5.41) is 22.7. The molecule has 4 fully saturated rings. The van der Waals surface area contributed by atoms with Crippen molar-refractivity contribution in [3.63, 3.8) is 0 Å². The minimum Gasteiger partial charge on any atom is -0.493 e. The summed E-state index contributed by atoms with van der Waals surface area (Å²) in [6, 6.07) is 19.4. The molecule has 4 saturated carbocycles. The van der Waals surface area contributed by atoms with E-state index < -0.39 is 5.97 Å². The minimum atomic E-state index is -0.923. The number of rotatable bonds is 11. The fraction of sp³-hybridized carbons (Fsp3) is 0.514. The average Bonchev–Trinajstić information content (AvgIpc) is 2.93. The van der Waals surface area contributed by atoms with Gasteiger partial charge in [-0.25, -0.2) is 4.79 Å². The molecule has 4 nitrogen and oxygen atoms in total. The second-order valence-electron chi connectivity index (χ2n) is 12.9. The Balaban J connectivity index is 1.04. The third kappa shape index (κ3) is 5.33. The number of fused-ring (bicyclic) bond motifs is 1. The van der Waals surface area contributed by atoms with Gasteiger partial charge >= 0.3 is 5.97 Å². The van der Waals surface area contributed by atoms with E-state index in [1.54, 1.807) is 12.1 Å². The maximum absolute atomic E-state index is 11.3. The average molecular weight is 527 g/mol. The molecule has 4 bridgehead atoms. The van der Waals surface area contributed by atoms with E-state index in [-0.39, 0.29) is 11.7 Å². The van der Waals surface area contributed by atoms with Crippen LogP contribution in [0, 0.1) is 29.1 Å². The first-order valence-electron chi connectivity index (χ1n) is 15.1. The van der Waals surface area contributed by atoms with Crippen molar-refractivity contribution in [1.29, 1.82) is 0 Å². The summed E-state index contributed by atoms with van der Waals surface area (Å²) >= 11 is 0. The summed E-state index contributed by atoms with van der Waals surface area (Å²) < 4.78 is 6.32. The molecule has 2 atom stereocenters. The molecule has 2 unspecified atom stereocenters. The molecule has 0 saturated heterocycles. The van der Waals surface area contributed by atoms with E-state index in [0.717, 1.165) is 71.1 Å². The Kier molecular flexibility index (Phi) is 7.41. The number of ether oxygens (including phenoxy) is 1. The maximum atomic E-state index is 11.3. The standard InChI is InChI=1S/C35H42O4/c1-23(35-20-24-17-25(21-35)19-26(18-24)22-35)31(36)9-3-2-6-16-39-32-15-14-27-7-4-5-8-30(27)33(32)28-10-12-29(13-11-28)34(37)38/h4-5,7-8,10-15,23-26,31,36H,2-3,6,9,16-22H2,1H3,(H,37,38). The Labute approximate surface area is 232 Å². The summed E-state index contributed by atoms with van der Waals surface area (Å²) in [7, 11) is 0. The Morgan fingerprint density at radius 3 is 2.23 bits per heavy atom. The normalized spacial score (nSPS) is 27.0. The number of unbranched alkanes of at least 4 members (excludes halogenated alkanes) is 2. The predicted octanol–water partition coefficient (Wildman–Crippen LogP) is 8.36. The van der Waals surface area contributed by atoms with Gasteiger partial charge in [-0.2, -0.15) is 0 Å². The smallest absolute Gasteiger partial charge is 0.335 e. The van der Waals surface area contributed by atoms with Crippen LogP contribution in [0.4, 0.5) is 0 Å². The molecular formula is C35H42O4. The van der Waals surface area contributed by atoms with Gasteiger partial charge in [-0.1, -0.05) is 55.8 Å². The minimum absolute atomic E-state index is 0.192. The quantitative estimate of drug-likeness (QED) is 0.246. The van der Waals surface area contributed by atoms with E-state index in [0.29, 0.717) is 17.9 Å². The Morgan fingerprint density at radius 2 is 1.56 bits per heavy atom. The number of carbonyl (C=O) groups is 1. The van der Waals surface area contributed by atoms with Gasteiger partial charge in [0.15, 0.2) is 0 Å².